The Morgan fingerprint density at radius 3 is 2.80 bits per heavy atom. The number of hydrogen-bond donors (Lipinski definition) is 0. The van der Waals surface area contributed by atoms with Gasteiger partial charge in [0, 0.05) is 22.7 Å². The number of aromatic nitrogens is 4. The maximum absolute atomic E-state index is 13.1. The summed E-state index contributed by atoms with van der Waals surface area (Å²) in [6.45, 7) is 3.89. The average Bonchev–Trinajstić information content (AvgIpc) is 3.51. The number of carbonyl (C=O) groups is 1. The van der Waals surface area contributed by atoms with Gasteiger partial charge in [0.25, 0.3) is 11.7 Å². The van der Waals surface area contributed by atoms with Gasteiger partial charge in [-0.15, -0.1) is 27.8 Å². The zero-order chi connectivity index (χ0) is 20.7. The van der Waals surface area contributed by atoms with Crippen molar-refractivity contribution in [1.82, 2.24) is 24.6 Å². The van der Waals surface area contributed by atoms with E-state index in [0.717, 1.165) is 33.3 Å². The monoisotopic (exact) mass is 454 g/mol. The number of amides is 1. The second-order valence-electron chi connectivity index (χ2n) is 6.93. The van der Waals surface area contributed by atoms with Crippen molar-refractivity contribution in [2.24, 2.45) is 5.10 Å². The zero-order valence-corrected chi connectivity index (χ0v) is 18.8. The van der Waals surface area contributed by atoms with Crippen molar-refractivity contribution in [1.29, 1.82) is 0 Å². The molecule has 0 unspecified atom stereocenters. The third-order valence-electron chi connectivity index (χ3n) is 4.77. The Balaban J connectivity index is 1.36. The number of fused-ring (bicyclic) bond motifs is 1. The van der Waals surface area contributed by atoms with Gasteiger partial charge >= 0.3 is 0 Å². The first-order valence-corrected chi connectivity index (χ1v) is 12.1. The Labute approximate surface area is 185 Å². The summed E-state index contributed by atoms with van der Waals surface area (Å²) in [6.07, 6.45) is 0.729. The summed E-state index contributed by atoms with van der Waals surface area (Å²) in [6, 6.07) is 10.0. The van der Waals surface area contributed by atoms with Gasteiger partial charge in [-0.1, -0.05) is 23.9 Å². The van der Waals surface area contributed by atoms with Gasteiger partial charge in [0.05, 0.1) is 22.4 Å². The lowest BCUT2D eigenvalue weighted by atomic mass is 10.1. The van der Waals surface area contributed by atoms with Crippen LogP contribution in [-0.4, -0.2) is 42.0 Å². The second-order valence-corrected chi connectivity index (χ2v) is 9.80. The standard InChI is InChI=1S/C20H18N6OS3/c1-12-9-13(2)25-19(21-12)22-20(24-25)30-11-18(27)26-15(17-6-4-8-29-17)10-14(23-26)16-5-3-7-28-16/h3-9,15H,10-11H2,1-2H3/t15-/m0/s1. The van der Waals surface area contributed by atoms with Crippen molar-refractivity contribution in [3.05, 3.63) is 62.2 Å². The van der Waals surface area contributed by atoms with E-state index in [1.165, 1.54) is 11.8 Å². The van der Waals surface area contributed by atoms with Crippen LogP contribution >= 0.6 is 34.4 Å². The molecule has 0 fully saturated rings. The summed E-state index contributed by atoms with van der Waals surface area (Å²) >= 11 is 4.62. The largest absolute Gasteiger partial charge is 0.272 e. The smallest absolute Gasteiger partial charge is 0.253 e. The van der Waals surface area contributed by atoms with Crippen LogP contribution in [0, 0.1) is 13.8 Å². The highest BCUT2D eigenvalue weighted by Crippen LogP contribution is 2.36. The van der Waals surface area contributed by atoms with E-state index >= 15 is 0 Å². The predicted molar refractivity (Wildman–Crippen MR) is 120 cm³/mol. The number of nitrogens with zero attached hydrogens (tertiary/aromatic N) is 6. The molecular weight excluding hydrogens is 436 g/mol. The van der Waals surface area contributed by atoms with E-state index in [9.17, 15) is 4.79 Å². The van der Waals surface area contributed by atoms with Crippen LogP contribution in [0.4, 0.5) is 0 Å². The van der Waals surface area contributed by atoms with Gasteiger partial charge < -0.3 is 0 Å². The molecule has 0 aromatic carbocycles. The lowest BCUT2D eigenvalue weighted by Gasteiger charge is -2.20. The van der Waals surface area contributed by atoms with Crippen LogP contribution in [0.25, 0.3) is 5.78 Å². The highest BCUT2D eigenvalue weighted by molar-refractivity contribution is 7.99. The molecule has 4 aromatic heterocycles. The van der Waals surface area contributed by atoms with Crippen LogP contribution in [0.5, 0.6) is 0 Å². The molecule has 5 heterocycles. The Kier molecular flexibility index (Phi) is 5.13. The number of hydrogen-bond acceptors (Lipinski definition) is 8. The van der Waals surface area contributed by atoms with Gasteiger partial charge in [0.2, 0.25) is 5.16 Å². The van der Waals surface area contributed by atoms with Crippen LogP contribution in [0.1, 0.15) is 33.6 Å². The maximum Gasteiger partial charge on any atom is 0.253 e. The average molecular weight is 455 g/mol. The minimum absolute atomic E-state index is 0.0512. The van der Waals surface area contributed by atoms with Gasteiger partial charge in [-0.2, -0.15) is 10.1 Å². The molecule has 0 saturated heterocycles. The Morgan fingerprint density at radius 1 is 1.20 bits per heavy atom. The van der Waals surface area contributed by atoms with E-state index in [4.69, 9.17) is 5.10 Å². The lowest BCUT2D eigenvalue weighted by Crippen LogP contribution is -2.28. The van der Waals surface area contributed by atoms with E-state index in [1.807, 2.05) is 42.8 Å². The molecule has 0 N–H and O–H groups in total. The molecule has 1 aliphatic heterocycles. The molecular formula is C20H18N6OS3. The quantitative estimate of drug-likeness (QED) is 0.420. The van der Waals surface area contributed by atoms with E-state index in [1.54, 1.807) is 32.2 Å². The first-order chi connectivity index (χ1) is 14.6. The van der Waals surface area contributed by atoms with Gasteiger partial charge in [-0.05, 0) is 42.8 Å². The number of carbonyl (C=O) groups excluding carboxylic acids is 1. The van der Waals surface area contributed by atoms with Gasteiger partial charge in [-0.3, -0.25) is 4.79 Å². The zero-order valence-electron chi connectivity index (χ0n) is 16.3. The predicted octanol–water partition coefficient (Wildman–Crippen LogP) is 4.33. The Bertz CT molecular complexity index is 1230. The third-order valence-corrected chi connectivity index (χ3v) is 7.48. The molecule has 0 aliphatic carbocycles. The second kappa shape index (κ2) is 7.93. The van der Waals surface area contributed by atoms with Crippen LogP contribution in [-0.2, 0) is 4.79 Å². The molecule has 0 bridgehead atoms. The first-order valence-electron chi connectivity index (χ1n) is 9.39. The topological polar surface area (TPSA) is 75.8 Å². The molecule has 7 nitrogen and oxygen atoms in total. The highest BCUT2D eigenvalue weighted by atomic mass is 32.2. The molecule has 152 valence electrons. The van der Waals surface area contributed by atoms with Crippen LogP contribution in [0.3, 0.4) is 0 Å². The fourth-order valence-corrected chi connectivity index (χ4v) is 5.64. The molecule has 1 aliphatic rings. The minimum atomic E-state index is -0.0595. The van der Waals surface area contributed by atoms with Crippen molar-refractivity contribution in [2.45, 2.75) is 31.5 Å². The van der Waals surface area contributed by atoms with E-state index in [0.29, 0.717) is 10.9 Å². The molecule has 1 atom stereocenters. The number of rotatable bonds is 5. The van der Waals surface area contributed by atoms with Gasteiger partial charge in [0.15, 0.2) is 0 Å². The SMILES string of the molecule is Cc1cc(C)n2nc(SCC(=O)N3N=C(c4cccs4)C[C@H]3c3cccs3)nc2n1. The van der Waals surface area contributed by atoms with Crippen molar-refractivity contribution < 1.29 is 4.79 Å². The van der Waals surface area contributed by atoms with Crippen LogP contribution in [0.2, 0.25) is 0 Å². The normalized spacial score (nSPS) is 16.4. The van der Waals surface area contributed by atoms with E-state index in [2.05, 4.69) is 27.2 Å². The molecule has 5 rings (SSSR count). The molecule has 4 aromatic rings. The Morgan fingerprint density at radius 2 is 2.03 bits per heavy atom. The molecule has 30 heavy (non-hydrogen) atoms. The minimum Gasteiger partial charge on any atom is -0.272 e. The van der Waals surface area contributed by atoms with Crippen LogP contribution in [0.15, 0.2) is 51.3 Å². The molecule has 0 spiro atoms. The summed E-state index contributed by atoms with van der Waals surface area (Å²) in [5, 5.41) is 15.4. The van der Waals surface area contributed by atoms with Crippen LogP contribution < -0.4 is 0 Å². The fourth-order valence-electron chi connectivity index (χ4n) is 3.44. The third kappa shape index (κ3) is 3.66. The Hall–Kier alpha value is -2.56. The van der Waals surface area contributed by atoms with Crippen molar-refractivity contribution >= 4 is 51.8 Å². The molecule has 0 radical (unpaired) electrons. The number of thioether (sulfide) groups is 1. The summed E-state index contributed by atoms with van der Waals surface area (Å²) in [7, 11) is 0. The fraction of sp³-hybridized carbons (Fsp3) is 0.250. The van der Waals surface area contributed by atoms with E-state index < -0.39 is 0 Å². The maximum atomic E-state index is 13.1. The molecule has 10 heteroatoms. The van der Waals surface area contributed by atoms with Crippen molar-refractivity contribution in [3.8, 4) is 0 Å². The highest BCUT2D eigenvalue weighted by Gasteiger charge is 2.34. The van der Waals surface area contributed by atoms with Crippen molar-refractivity contribution in [3.63, 3.8) is 0 Å². The van der Waals surface area contributed by atoms with E-state index in [-0.39, 0.29) is 17.7 Å². The summed E-state index contributed by atoms with van der Waals surface area (Å²) in [5.74, 6) is 0.723. The summed E-state index contributed by atoms with van der Waals surface area (Å²) in [4.78, 5) is 24.2. The number of aryl methyl sites for hydroxylation is 2. The lowest BCUT2D eigenvalue weighted by molar-refractivity contribution is -0.130. The first kappa shape index (κ1) is 19.4. The van der Waals surface area contributed by atoms with Gasteiger partial charge in [-0.25, -0.2) is 14.5 Å². The molecule has 0 saturated carbocycles. The summed E-state index contributed by atoms with van der Waals surface area (Å²) in [5.41, 5.74) is 2.82. The van der Waals surface area contributed by atoms with Crippen molar-refractivity contribution in [2.75, 3.05) is 5.75 Å². The van der Waals surface area contributed by atoms with Gasteiger partial charge in [0.1, 0.15) is 0 Å². The number of hydrazone groups is 1. The number of thiophene rings is 2. The summed E-state index contributed by atoms with van der Waals surface area (Å²) < 4.78 is 1.71. The molecule has 1 amide bonds.